The monoisotopic (exact) mass is 347 g/mol. The van der Waals surface area contributed by atoms with E-state index in [2.05, 4.69) is 9.97 Å². The summed E-state index contributed by atoms with van der Waals surface area (Å²) in [6, 6.07) is 4.13. The number of pyridine rings is 1. The number of fused-ring (bicyclic) bond motifs is 1. The molecule has 25 heavy (non-hydrogen) atoms. The quantitative estimate of drug-likeness (QED) is 0.704. The maximum absolute atomic E-state index is 14.4. The largest absolute Gasteiger partial charge is 0.312 e. The molecule has 0 fully saturated rings. The van der Waals surface area contributed by atoms with Gasteiger partial charge < -0.3 is 4.57 Å². The van der Waals surface area contributed by atoms with Gasteiger partial charge in [-0.2, -0.15) is 0 Å². The van der Waals surface area contributed by atoms with Gasteiger partial charge >= 0.3 is 0 Å². The van der Waals surface area contributed by atoms with Gasteiger partial charge in [0.25, 0.3) is 5.56 Å². The highest BCUT2D eigenvalue weighted by Crippen LogP contribution is 2.24. The van der Waals surface area contributed by atoms with Crippen LogP contribution in [0.15, 0.2) is 41.6 Å². The molecule has 0 spiro atoms. The van der Waals surface area contributed by atoms with E-state index in [9.17, 15) is 18.0 Å². The average molecular weight is 347 g/mol. The minimum atomic E-state index is -1.13. The summed E-state index contributed by atoms with van der Waals surface area (Å²) in [6.45, 7) is 1.80. The molecule has 3 rings (SSSR count). The molecule has 1 aromatic carbocycles. The zero-order valence-electron chi connectivity index (χ0n) is 13.5. The summed E-state index contributed by atoms with van der Waals surface area (Å²) < 4.78 is 42.4. The van der Waals surface area contributed by atoms with Gasteiger partial charge in [0, 0.05) is 6.20 Å². The lowest BCUT2D eigenvalue weighted by Crippen LogP contribution is -2.24. The number of nitrogens with zero attached hydrogens (tertiary/aromatic N) is 3. The Morgan fingerprint density at radius 2 is 1.92 bits per heavy atom. The van der Waals surface area contributed by atoms with Crippen molar-refractivity contribution in [2.45, 2.75) is 32.5 Å². The van der Waals surface area contributed by atoms with Crippen molar-refractivity contribution in [2.24, 2.45) is 0 Å². The van der Waals surface area contributed by atoms with Crippen molar-refractivity contribution in [2.75, 3.05) is 0 Å². The smallest absolute Gasteiger partial charge is 0.258 e. The Hall–Kier alpha value is -2.70. The fraction of sp³-hybridized carbons (Fsp3) is 0.278. The Bertz CT molecular complexity index is 954. The van der Waals surface area contributed by atoms with Crippen molar-refractivity contribution in [1.29, 1.82) is 0 Å². The molecule has 0 bridgehead atoms. The summed E-state index contributed by atoms with van der Waals surface area (Å²) in [4.78, 5) is 20.0. The van der Waals surface area contributed by atoms with E-state index in [1.54, 1.807) is 6.07 Å². The highest BCUT2D eigenvalue weighted by molar-refractivity contribution is 5.85. The highest BCUT2D eigenvalue weighted by Gasteiger charge is 2.14. The van der Waals surface area contributed by atoms with E-state index >= 15 is 0 Å². The number of alkyl halides is 1. The Morgan fingerprint density at radius 3 is 2.60 bits per heavy atom. The highest BCUT2D eigenvalue weighted by atomic mass is 19.1. The summed E-state index contributed by atoms with van der Waals surface area (Å²) in [5, 5.41) is 0.631. The van der Waals surface area contributed by atoms with Crippen molar-refractivity contribution in [1.82, 2.24) is 14.5 Å². The van der Waals surface area contributed by atoms with Crippen LogP contribution < -0.4 is 5.56 Å². The molecule has 0 aliphatic heterocycles. The van der Waals surface area contributed by atoms with Crippen LogP contribution in [-0.2, 0) is 6.54 Å². The fourth-order valence-corrected chi connectivity index (χ4v) is 2.69. The number of benzene rings is 1. The summed E-state index contributed by atoms with van der Waals surface area (Å²) in [5.74, 6) is -1.29. The third-order valence-corrected chi connectivity index (χ3v) is 3.92. The van der Waals surface area contributed by atoms with Gasteiger partial charge in [-0.05, 0) is 30.0 Å². The zero-order valence-corrected chi connectivity index (χ0v) is 13.5. The van der Waals surface area contributed by atoms with Crippen LogP contribution in [0.3, 0.4) is 0 Å². The second kappa shape index (κ2) is 7.04. The Labute approximate surface area is 142 Å². The van der Waals surface area contributed by atoms with Crippen molar-refractivity contribution in [3.63, 3.8) is 0 Å². The third-order valence-electron chi connectivity index (χ3n) is 3.92. The Morgan fingerprint density at radius 1 is 1.20 bits per heavy atom. The van der Waals surface area contributed by atoms with Crippen LogP contribution >= 0.6 is 0 Å². The lowest BCUT2D eigenvalue weighted by molar-refractivity contribution is 0.274. The molecule has 2 aromatic heterocycles. The molecule has 0 aliphatic rings. The predicted molar refractivity (Wildman–Crippen MR) is 89.0 cm³/mol. The van der Waals surface area contributed by atoms with Gasteiger partial charge in [0.05, 0.1) is 29.9 Å². The summed E-state index contributed by atoms with van der Waals surface area (Å²) in [5.41, 5.74) is -0.388. The van der Waals surface area contributed by atoms with Gasteiger partial charge in [0.2, 0.25) is 0 Å². The molecule has 0 amide bonds. The molecule has 1 unspecified atom stereocenters. The van der Waals surface area contributed by atoms with Gasteiger partial charge in [-0.25, -0.2) is 23.1 Å². The maximum atomic E-state index is 14.4. The molecule has 7 heteroatoms. The Balaban J connectivity index is 2.05. The van der Waals surface area contributed by atoms with Gasteiger partial charge in [-0.3, -0.25) is 4.79 Å². The van der Waals surface area contributed by atoms with Crippen LogP contribution in [0.1, 0.15) is 19.8 Å². The normalized spacial score (nSPS) is 12.5. The SMILES string of the molecule is CCCC(F)Cn1ccc2cc(-c3ncc(F)cn3)c(F)cc2c1=O. The lowest BCUT2D eigenvalue weighted by atomic mass is 10.1. The lowest BCUT2D eigenvalue weighted by Gasteiger charge is -2.11. The van der Waals surface area contributed by atoms with Crippen molar-refractivity contribution < 1.29 is 13.2 Å². The van der Waals surface area contributed by atoms with E-state index in [0.717, 1.165) is 18.5 Å². The molecular formula is C18H16F3N3O. The first kappa shape index (κ1) is 17.1. The van der Waals surface area contributed by atoms with Gasteiger partial charge in [0.15, 0.2) is 11.6 Å². The number of rotatable bonds is 5. The summed E-state index contributed by atoms with van der Waals surface area (Å²) in [7, 11) is 0. The fourth-order valence-electron chi connectivity index (χ4n) is 2.69. The van der Waals surface area contributed by atoms with Crippen LogP contribution in [0.2, 0.25) is 0 Å². The van der Waals surface area contributed by atoms with E-state index in [1.807, 2.05) is 6.92 Å². The number of aromatic nitrogens is 3. The topological polar surface area (TPSA) is 47.8 Å². The number of hydrogen-bond donors (Lipinski definition) is 0. The molecule has 0 saturated heterocycles. The molecule has 4 nitrogen and oxygen atoms in total. The molecule has 0 saturated carbocycles. The van der Waals surface area contributed by atoms with Gasteiger partial charge in [-0.1, -0.05) is 13.3 Å². The molecule has 2 heterocycles. The molecule has 0 N–H and O–H groups in total. The zero-order chi connectivity index (χ0) is 18.0. The predicted octanol–water partition coefficient (Wildman–Crippen LogP) is 3.87. The average Bonchev–Trinajstić information content (AvgIpc) is 2.59. The van der Waals surface area contributed by atoms with Crippen molar-refractivity contribution in [3.8, 4) is 11.4 Å². The van der Waals surface area contributed by atoms with E-state index < -0.39 is 23.4 Å². The van der Waals surface area contributed by atoms with E-state index in [0.29, 0.717) is 18.2 Å². The summed E-state index contributed by atoms with van der Waals surface area (Å²) in [6.07, 6.45) is 3.29. The first-order valence-electron chi connectivity index (χ1n) is 7.94. The number of halogens is 3. The molecule has 130 valence electrons. The molecule has 0 aliphatic carbocycles. The first-order chi connectivity index (χ1) is 12.0. The molecule has 3 aromatic rings. The summed E-state index contributed by atoms with van der Waals surface area (Å²) >= 11 is 0. The second-order valence-corrected chi connectivity index (χ2v) is 5.80. The molecular weight excluding hydrogens is 331 g/mol. The minimum Gasteiger partial charge on any atom is -0.312 e. The van der Waals surface area contributed by atoms with E-state index in [1.165, 1.54) is 16.8 Å². The van der Waals surface area contributed by atoms with Crippen LogP contribution in [0.25, 0.3) is 22.2 Å². The number of hydrogen-bond acceptors (Lipinski definition) is 3. The van der Waals surface area contributed by atoms with Crippen molar-refractivity contribution in [3.05, 3.63) is 58.8 Å². The first-order valence-corrected chi connectivity index (χ1v) is 7.94. The standard InChI is InChI=1S/C18H16F3N3O/c1-2-3-12(19)10-24-5-4-11-6-15(16(21)7-14(11)18(24)25)17-22-8-13(20)9-23-17/h4-9,12H,2-3,10H2,1H3. The van der Waals surface area contributed by atoms with E-state index in [4.69, 9.17) is 0 Å². The van der Waals surface area contributed by atoms with Crippen LogP contribution in [-0.4, -0.2) is 20.7 Å². The third kappa shape index (κ3) is 3.55. The van der Waals surface area contributed by atoms with Crippen LogP contribution in [0.4, 0.5) is 13.2 Å². The molecule has 0 radical (unpaired) electrons. The van der Waals surface area contributed by atoms with Crippen molar-refractivity contribution >= 4 is 10.8 Å². The molecule has 1 atom stereocenters. The van der Waals surface area contributed by atoms with E-state index in [-0.39, 0.29) is 23.3 Å². The Kier molecular flexibility index (Phi) is 4.83. The van der Waals surface area contributed by atoms with Crippen LogP contribution in [0, 0.1) is 11.6 Å². The minimum absolute atomic E-state index is 0.0248. The van der Waals surface area contributed by atoms with Crippen LogP contribution in [0.5, 0.6) is 0 Å². The van der Waals surface area contributed by atoms with Gasteiger partial charge in [0.1, 0.15) is 12.0 Å². The van der Waals surface area contributed by atoms with Gasteiger partial charge in [-0.15, -0.1) is 0 Å². The maximum Gasteiger partial charge on any atom is 0.258 e. The second-order valence-electron chi connectivity index (χ2n) is 5.80.